The van der Waals surface area contributed by atoms with Gasteiger partial charge in [0.25, 0.3) is 0 Å². The second kappa shape index (κ2) is 4.31. The summed E-state index contributed by atoms with van der Waals surface area (Å²) in [5.41, 5.74) is 4.20. The zero-order chi connectivity index (χ0) is 14.4. The van der Waals surface area contributed by atoms with E-state index in [4.69, 9.17) is 4.74 Å². The van der Waals surface area contributed by atoms with E-state index in [2.05, 4.69) is 0 Å². The summed E-state index contributed by atoms with van der Waals surface area (Å²) in [4.78, 5) is 22.3. The zero-order valence-corrected chi connectivity index (χ0v) is 11.1. The van der Waals surface area contributed by atoms with Gasteiger partial charge in [0, 0.05) is 28.4 Å². The number of esters is 1. The molecule has 0 unspecified atom stereocenters. The van der Waals surface area contributed by atoms with Gasteiger partial charge in [-0.3, -0.25) is 4.79 Å². The number of hydrogen-bond donors (Lipinski definition) is 0. The zero-order valence-electron chi connectivity index (χ0n) is 11.1. The Hall–Kier alpha value is -2.88. The standard InChI is InChI=1S/C17H11NO3/c19-9-11-1-4-16-12(7-11)5-6-18(16)14-2-3-15-13(8-14)10-21-17(15)20/h1-9H,10H2. The first-order valence-electron chi connectivity index (χ1n) is 6.63. The van der Waals surface area contributed by atoms with Gasteiger partial charge in [-0.05, 0) is 42.5 Å². The van der Waals surface area contributed by atoms with E-state index in [9.17, 15) is 9.59 Å². The van der Waals surface area contributed by atoms with Crippen LogP contribution >= 0.6 is 0 Å². The van der Waals surface area contributed by atoms with E-state index in [0.29, 0.717) is 17.7 Å². The Balaban J connectivity index is 1.87. The second-order valence-electron chi connectivity index (χ2n) is 5.04. The molecule has 4 rings (SSSR count). The van der Waals surface area contributed by atoms with Gasteiger partial charge in [-0.2, -0.15) is 0 Å². The van der Waals surface area contributed by atoms with Crippen molar-refractivity contribution in [2.45, 2.75) is 6.61 Å². The summed E-state index contributed by atoms with van der Waals surface area (Å²) in [5, 5.41) is 1.01. The number of aromatic nitrogens is 1. The van der Waals surface area contributed by atoms with Crippen LogP contribution in [0, 0.1) is 0 Å². The summed E-state index contributed by atoms with van der Waals surface area (Å²) in [6, 6.07) is 13.2. The van der Waals surface area contributed by atoms with E-state index in [0.717, 1.165) is 28.4 Å². The number of rotatable bonds is 2. The van der Waals surface area contributed by atoms with E-state index < -0.39 is 0 Å². The van der Waals surface area contributed by atoms with Crippen molar-refractivity contribution < 1.29 is 14.3 Å². The maximum Gasteiger partial charge on any atom is 0.338 e. The van der Waals surface area contributed by atoms with Gasteiger partial charge < -0.3 is 9.30 Å². The number of benzene rings is 2. The predicted octanol–water partition coefficient (Wildman–Crippen LogP) is 3.11. The molecular weight excluding hydrogens is 266 g/mol. The van der Waals surface area contributed by atoms with Crippen molar-refractivity contribution in [1.82, 2.24) is 4.57 Å². The SMILES string of the molecule is O=Cc1ccc2c(ccn2-c2ccc3c(c2)COC3=O)c1. The lowest BCUT2D eigenvalue weighted by Crippen LogP contribution is -1.96. The molecule has 0 amide bonds. The minimum absolute atomic E-state index is 0.260. The van der Waals surface area contributed by atoms with Crippen molar-refractivity contribution in [3.8, 4) is 5.69 Å². The Bertz CT molecular complexity index is 892. The van der Waals surface area contributed by atoms with Crippen molar-refractivity contribution >= 4 is 23.2 Å². The molecule has 1 aliphatic rings. The minimum Gasteiger partial charge on any atom is -0.457 e. The molecule has 1 aromatic heterocycles. The Morgan fingerprint density at radius 2 is 2.00 bits per heavy atom. The van der Waals surface area contributed by atoms with Crippen LogP contribution in [0.4, 0.5) is 0 Å². The molecule has 102 valence electrons. The highest BCUT2D eigenvalue weighted by Crippen LogP contribution is 2.26. The predicted molar refractivity (Wildman–Crippen MR) is 77.8 cm³/mol. The maximum atomic E-state index is 11.5. The fourth-order valence-electron chi connectivity index (χ4n) is 2.73. The first kappa shape index (κ1) is 11.9. The molecule has 0 fully saturated rings. The Labute approximate surface area is 120 Å². The quantitative estimate of drug-likeness (QED) is 0.534. The molecule has 0 aliphatic carbocycles. The summed E-state index contributed by atoms with van der Waals surface area (Å²) >= 11 is 0. The fourth-order valence-corrected chi connectivity index (χ4v) is 2.73. The number of carbonyl (C=O) groups excluding carboxylic acids is 2. The Kier molecular flexibility index (Phi) is 2.44. The third-order valence-corrected chi connectivity index (χ3v) is 3.80. The smallest absolute Gasteiger partial charge is 0.338 e. The first-order chi connectivity index (χ1) is 10.3. The molecule has 0 atom stereocenters. The van der Waals surface area contributed by atoms with Gasteiger partial charge >= 0.3 is 5.97 Å². The lowest BCUT2D eigenvalue weighted by Gasteiger charge is -2.07. The number of carbonyl (C=O) groups is 2. The molecule has 3 aromatic rings. The normalized spacial score (nSPS) is 13.2. The van der Waals surface area contributed by atoms with Gasteiger partial charge in [-0.15, -0.1) is 0 Å². The molecule has 0 saturated heterocycles. The van der Waals surface area contributed by atoms with Crippen molar-refractivity contribution in [1.29, 1.82) is 0 Å². The van der Waals surface area contributed by atoms with E-state index in [-0.39, 0.29) is 5.97 Å². The lowest BCUT2D eigenvalue weighted by atomic mass is 10.1. The number of fused-ring (bicyclic) bond motifs is 2. The third kappa shape index (κ3) is 1.76. The highest BCUT2D eigenvalue weighted by molar-refractivity contribution is 5.94. The van der Waals surface area contributed by atoms with Crippen LogP contribution in [0.1, 0.15) is 26.3 Å². The van der Waals surface area contributed by atoms with Gasteiger partial charge in [0.1, 0.15) is 12.9 Å². The first-order valence-corrected chi connectivity index (χ1v) is 6.63. The maximum absolute atomic E-state index is 11.5. The van der Waals surface area contributed by atoms with Crippen LogP contribution < -0.4 is 0 Å². The summed E-state index contributed by atoms with van der Waals surface area (Å²) in [7, 11) is 0. The summed E-state index contributed by atoms with van der Waals surface area (Å²) in [6.07, 6.45) is 2.80. The molecular formula is C17H11NO3. The average molecular weight is 277 g/mol. The van der Waals surface area contributed by atoms with E-state index >= 15 is 0 Å². The molecule has 0 spiro atoms. The summed E-state index contributed by atoms with van der Waals surface area (Å²) in [5.74, 6) is -0.260. The van der Waals surface area contributed by atoms with E-state index in [1.54, 1.807) is 12.1 Å². The van der Waals surface area contributed by atoms with Crippen LogP contribution in [0.5, 0.6) is 0 Å². The molecule has 0 saturated carbocycles. The van der Waals surface area contributed by atoms with Crippen molar-refractivity contribution in [2.75, 3.05) is 0 Å². The molecule has 4 nitrogen and oxygen atoms in total. The van der Waals surface area contributed by atoms with Gasteiger partial charge in [0.15, 0.2) is 0 Å². The van der Waals surface area contributed by atoms with Crippen LogP contribution in [-0.2, 0) is 11.3 Å². The monoisotopic (exact) mass is 277 g/mol. The lowest BCUT2D eigenvalue weighted by molar-refractivity contribution is 0.0535. The van der Waals surface area contributed by atoms with Gasteiger partial charge in [0.05, 0.1) is 11.1 Å². The number of hydrogen-bond acceptors (Lipinski definition) is 3. The average Bonchev–Trinajstić information content (AvgIpc) is 3.10. The molecule has 0 bridgehead atoms. The topological polar surface area (TPSA) is 48.3 Å². The van der Waals surface area contributed by atoms with Crippen molar-refractivity contribution in [3.05, 3.63) is 65.4 Å². The summed E-state index contributed by atoms with van der Waals surface area (Å²) in [6.45, 7) is 0.330. The highest BCUT2D eigenvalue weighted by Gasteiger charge is 2.21. The van der Waals surface area contributed by atoms with E-state index in [1.165, 1.54) is 0 Å². The van der Waals surface area contributed by atoms with Gasteiger partial charge in [-0.25, -0.2) is 4.79 Å². The number of ether oxygens (including phenoxy) is 1. The molecule has 4 heteroatoms. The number of nitrogens with zero attached hydrogens (tertiary/aromatic N) is 1. The minimum atomic E-state index is -0.260. The molecule has 2 heterocycles. The largest absolute Gasteiger partial charge is 0.457 e. The third-order valence-electron chi connectivity index (χ3n) is 3.80. The van der Waals surface area contributed by atoms with Crippen LogP contribution in [0.2, 0.25) is 0 Å². The van der Waals surface area contributed by atoms with Crippen LogP contribution in [0.3, 0.4) is 0 Å². The Morgan fingerprint density at radius 3 is 2.86 bits per heavy atom. The van der Waals surface area contributed by atoms with Crippen molar-refractivity contribution in [2.24, 2.45) is 0 Å². The van der Waals surface area contributed by atoms with Gasteiger partial charge in [-0.1, -0.05) is 0 Å². The second-order valence-corrected chi connectivity index (χ2v) is 5.04. The Morgan fingerprint density at radius 1 is 1.10 bits per heavy atom. The van der Waals surface area contributed by atoms with E-state index in [1.807, 2.05) is 41.1 Å². The van der Waals surface area contributed by atoms with Crippen LogP contribution in [0.15, 0.2) is 48.7 Å². The van der Waals surface area contributed by atoms with Crippen LogP contribution in [0.25, 0.3) is 16.6 Å². The number of cyclic esters (lactones) is 1. The molecule has 0 N–H and O–H groups in total. The highest BCUT2D eigenvalue weighted by atomic mass is 16.5. The number of aldehydes is 1. The van der Waals surface area contributed by atoms with Gasteiger partial charge in [0.2, 0.25) is 0 Å². The summed E-state index contributed by atoms with van der Waals surface area (Å²) < 4.78 is 7.06. The fraction of sp³-hybridized carbons (Fsp3) is 0.0588. The molecule has 0 radical (unpaired) electrons. The van der Waals surface area contributed by atoms with Crippen LogP contribution in [-0.4, -0.2) is 16.8 Å². The molecule has 2 aromatic carbocycles. The van der Waals surface area contributed by atoms with Crippen molar-refractivity contribution in [3.63, 3.8) is 0 Å². The molecule has 1 aliphatic heterocycles. The molecule has 21 heavy (non-hydrogen) atoms.